The maximum absolute atomic E-state index is 11.5. The number of hydrogen-bond donors (Lipinski definition) is 2. The largest absolute Gasteiger partial charge is 0.506 e. The van der Waals surface area contributed by atoms with E-state index in [1.807, 2.05) is 13.0 Å². The lowest BCUT2D eigenvalue weighted by atomic mass is 9.58. The number of rotatable bonds is 5. The van der Waals surface area contributed by atoms with Crippen LogP contribution in [-0.4, -0.2) is 33.9 Å². The summed E-state index contributed by atoms with van der Waals surface area (Å²) >= 11 is 0. The molecule has 1 aromatic carbocycles. The van der Waals surface area contributed by atoms with E-state index in [2.05, 4.69) is 20.8 Å². The zero-order chi connectivity index (χ0) is 23.1. The SMILES string of the molecule is CC(=O)O[C@H]1CC[C@@H](C)[C@](C)(CC[C@@]2(C)C=Cc3c(cc(C)c(C(=O)O)c3O)O2)[C@H]1C. The first kappa shape index (κ1) is 23.2. The number of carboxylic acids is 1. The highest BCUT2D eigenvalue weighted by atomic mass is 16.5. The van der Waals surface area contributed by atoms with E-state index < -0.39 is 11.6 Å². The minimum absolute atomic E-state index is 0.00985. The molecule has 0 bridgehead atoms. The van der Waals surface area contributed by atoms with Crippen LogP contribution in [0.25, 0.3) is 6.08 Å². The zero-order valence-corrected chi connectivity index (χ0v) is 19.3. The first-order chi connectivity index (χ1) is 14.4. The summed E-state index contributed by atoms with van der Waals surface area (Å²) < 4.78 is 11.9. The molecule has 0 spiro atoms. The van der Waals surface area contributed by atoms with Gasteiger partial charge >= 0.3 is 11.9 Å². The van der Waals surface area contributed by atoms with Crippen LogP contribution in [0.15, 0.2) is 12.1 Å². The third-order valence-electron chi connectivity index (χ3n) is 7.74. The Morgan fingerprint density at radius 1 is 1.23 bits per heavy atom. The molecular weight excluding hydrogens is 396 g/mol. The summed E-state index contributed by atoms with van der Waals surface area (Å²) in [6, 6.07) is 1.69. The van der Waals surface area contributed by atoms with Crippen LogP contribution in [0.4, 0.5) is 0 Å². The fourth-order valence-electron chi connectivity index (χ4n) is 5.21. The number of phenols is 1. The van der Waals surface area contributed by atoms with Gasteiger partial charge in [0.05, 0.1) is 5.56 Å². The van der Waals surface area contributed by atoms with Gasteiger partial charge in [0.1, 0.15) is 28.8 Å². The second-order valence-corrected chi connectivity index (χ2v) is 9.80. The van der Waals surface area contributed by atoms with Crippen molar-refractivity contribution in [2.75, 3.05) is 0 Å². The summed E-state index contributed by atoms with van der Waals surface area (Å²) in [6.07, 6.45) is 7.15. The lowest BCUT2D eigenvalue weighted by Crippen LogP contribution is -2.46. The number of carbonyl (C=O) groups excluding carboxylic acids is 1. The van der Waals surface area contributed by atoms with Gasteiger partial charge in [0.2, 0.25) is 0 Å². The second kappa shape index (κ2) is 8.21. The van der Waals surface area contributed by atoms with Crippen LogP contribution in [0.1, 0.15) is 81.8 Å². The summed E-state index contributed by atoms with van der Waals surface area (Å²) in [5.74, 6) is -0.429. The molecule has 1 aliphatic carbocycles. The third-order valence-corrected chi connectivity index (χ3v) is 7.74. The topological polar surface area (TPSA) is 93.1 Å². The van der Waals surface area contributed by atoms with Gasteiger partial charge in [0.25, 0.3) is 0 Å². The molecule has 1 aliphatic heterocycles. The van der Waals surface area contributed by atoms with Crippen molar-refractivity contribution in [2.24, 2.45) is 17.3 Å². The van der Waals surface area contributed by atoms with Crippen molar-refractivity contribution in [1.29, 1.82) is 0 Å². The molecule has 6 nitrogen and oxygen atoms in total. The molecule has 1 aromatic rings. The van der Waals surface area contributed by atoms with Crippen molar-refractivity contribution in [3.8, 4) is 11.5 Å². The van der Waals surface area contributed by atoms with Crippen molar-refractivity contribution in [3.05, 3.63) is 28.8 Å². The summed E-state index contributed by atoms with van der Waals surface area (Å²) in [4.78, 5) is 23.0. The van der Waals surface area contributed by atoms with E-state index in [0.29, 0.717) is 22.8 Å². The Hall–Kier alpha value is -2.50. The van der Waals surface area contributed by atoms with E-state index in [1.54, 1.807) is 19.1 Å². The highest BCUT2D eigenvalue weighted by molar-refractivity contribution is 5.95. The predicted molar refractivity (Wildman–Crippen MR) is 118 cm³/mol. The molecule has 2 aliphatic rings. The number of esters is 1. The Balaban J connectivity index is 1.80. The number of carbonyl (C=O) groups is 2. The number of ether oxygens (including phenoxy) is 2. The molecule has 0 aromatic heterocycles. The van der Waals surface area contributed by atoms with Crippen LogP contribution < -0.4 is 4.74 Å². The van der Waals surface area contributed by atoms with Crippen LogP contribution in [0, 0.1) is 24.2 Å². The molecule has 0 saturated heterocycles. The van der Waals surface area contributed by atoms with E-state index in [9.17, 15) is 19.8 Å². The van der Waals surface area contributed by atoms with Gasteiger partial charge < -0.3 is 19.7 Å². The van der Waals surface area contributed by atoms with Gasteiger partial charge in [-0.2, -0.15) is 0 Å². The molecule has 31 heavy (non-hydrogen) atoms. The van der Waals surface area contributed by atoms with Crippen molar-refractivity contribution < 1.29 is 29.3 Å². The van der Waals surface area contributed by atoms with Gasteiger partial charge in [-0.25, -0.2) is 4.79 Å². The zero-order valence-electron chi connectivity index (χ0n) is 19.3. The first-order valence-corrected chi connectivity index (χ1v) is 11.0. The standard InChI is InChI=1S/C25H34O6/c1-14-13-20-18(22(27)21(14)23(28)29)9-10-24(5,31-20)11-12-25(6)15(2)7-8-19(16(25)3)30-17(4)26/h9-10,13,15-16,19,27H,7-8,11-12H2,1-6H3,(H,28,29)/t15-,16+,19+,24-,25+/m1/s1. The summed E-state index contributed by atoms with van der Waals surface area (Å²) in [5, 5.41) is 19.8. The Bertz CT molecular complexity index is 919. The fraction of sp³-hybridized carbons (Fsp3) is 0.600. The van der Waals surface area contributed by atoms with E-state index in [0.717, 1.165) is 25.7 Å². The molecule has 170 valence electrons. The van der Waals surface area contributed by atoms with Crippen LogP contribution in [0.3, 0.4) is 0 Å². The monoisotopic (exact) mass is 430 g/mol. The molecule has 3 rings (SSSR count). The average Bonchev–Trinajstić information content (AvgIpc) is 2.66. The number of aromatic hydroxyl groups is 1. The van der Waals surface area contributed by atoms with E-state index in [4.69, 9.17) is 9.47 Å². The maximum Gasteiger partial charge on any atom is 0.339 e. The number of hydrogen-bond acceptors (Lipinski definition) is 5. The van der Waals surface area contributed by atoms with Crippen LogP contribution in [-0.2, 0) is 9.53 Å². The van der Waals surface area contributed by atoms with Crippen molar-refractivity contribution >= 4 is 18.0 Å². The van der Waals surface area contributed by atoms with Gasteiger partial charge in [-0.3, -0.25) is 4.79 Å². The second-order valence-electron chi connectivity index (χ2n) is 9.80. The van der Waals surface area contributed by atoms with E-state index in [1.165, 1.54) is 6.92 Å². The van der Waals surface area contributed by atoms with Gasteiger partial charge in [-0.15, -0.1) is 0 Å². The van der Waals surface area contributed by atoms with Crippen molar-refractivity contribution in [3.63, 3.8) is 0 Å². The summed E-state index contributed by atoms with van der Waals surface area (Å²) in [5.41, 5.74) is 0.190. The number of aromatic carboxylic acids is 1. The van der Waals surface area contributed by atoms with Gasteiger partial charge in [0, 0.05) is 6.92 Å². The highest BCUT2D eigenvalue weighted by Gasteiger charge is 2.46. The van der Waals surface area contributed by atoms with Crippen molar-refractivity contribution in [2.45, 2.75) is 78.9 Å². The Labute approximate surface area is 184 Å². The molecule has 1 fully saturated rings. The number of aryl methyl sites for hydroxylation is 1. The molecule has 0 unspecified atom stereocenters. The fourth-order valence-corrected chi connectivity index (χ4v) is 5.21. The van der Waals surface area contributed by atoms with Crippen LogP contribution in [0.5, 0.6) is 11.5 Å². The Kier molecular flexibility index (Phi) is 6.14. The molecule has 1 saturated carbocycles. The Morgan fingerprint density at radius 3 is 2.52 bits per heavy atom. The van der Waals surface area contributed by atoms with E-state index >= 15 is 0 Å². The highest BCUT2D eigenvalue weighted by Crippen LogP contribution is 2.51. The average molecular weight is 431 g/mol. The minimum atomic E-state index is -1.16. The van der Waals surface area contributed by atoms with E-state index in [-0.39, 0.29) is 34.7 Å². The maximum atomic E-state index is 11.5. The molecule has 5 atom stereocenters. The first-order valence-electron chi connectivity index (χ1n) is 11.0. The van der Waals surface area contributed by atoms with Crippen LogP contribution in [0.2, 0.25) is 0 Å². The van der Waals surface area contributed by atoms with Gasteiger partial charge in [-0.05, 0) is 80.6 Å². The lowest BCUT2D eigenvalue weighted by molar-refractivity contribution is -0.158. The normalized spacial score (nSPS) is 32.1. The number of benzene rings is 1. The number of carboxylic acid groups (broad SMARTS) is 1. The lowest BCUT2D eigenvalue weighted by Gasteiger charge is -2.49. The summed E-state index contributed by atoms with van der Waals surface area (Å²) in [7, 11) is 0. The molecule has 1 heterocycles. The molecule has 6 heteroatoms. The van der Waals surface area contributed by atoms with Crippen LogP contribution >= 0.6 is 0 Å². The minimum Gasteiger partial charge on any atom is -0.506 e. The smallest absolute Gasteiger partial charge is 0.339 e. The van der Waals surface area contributed by atoms with Gasteiger partial charge in [0.15, 0.2) is 0 Å². The molecule has 2 N–H and O–H groups in total. The molecule has 0 radical (unpaired) electrons. The predicted octanol–water partition coefficient (Wildman–Crippen LogP) is 5.35. The Morgan fingerprint density at radius 2 is 1.90 bits per heavy atom. The third kappa shape index (κ3) is 4.30. The van der Waals surface area contributed by atoms with Crippen molar-refractivity contribution in [1.82, 2.24) is 0 Å². The summed E-state index contributed by atoms with van der Waals surface area (Å²) in [6.45, 7) is 11.8. The molecular formula is C25H34O6. The molecule has 0 amide bonds. The quantitative estimate of drug-likeness (QED) is 0.612. The van der Waals surface area contributed by atoms with Gasteiger partial charge in [-0.1, -0.05) is 20.8 Å². The number of fused-ring (bicyclic) bond motifs is 1.